The van der Waals surface area contributed by atoms with Crippen molar-refractivity contribution in [2.24, 2.45) is 5.92 Å². The number of carbonyl (C=O) groups excluding carboxylic acids is 1. The molecule has 0 aromatic rings. The average Bonchev–Trinajstić information content (AvgIpc) is 2.17. The topological polar surface area (TPSA) is 69.6 Å². The lowest BCUT2D eigenvalue weighted by Crippen LogP contribution is -2.44. The van der Waals surface area contributed by atoms with Gasteiger partial charge >= 0.3 is 6.09 Å². The molecule has 2 amide bonds. The minimum atomic E-state index is -0.936. The van der Waals surface area contributed by atoms with E-state index in [1.54, 1.807) is 7.05 Å². The summed E-state index contributed by atoms with van der Waals surface area (Å²) in [5.41, 5.74) is 0. The zero-order chi connectivity index (χ0) is 9.84. The van der Waals surface area contributed by atoms with Crippen LogP contribution in [-0.4, -0.2) is 42.1 Å². The summed E-state index contributed by atoms with van der Waals surface area (Å²) in [4.78, 5) is 23.1. The summed E-state index contributed by atoms with van der Waals surface area (Å²) in [7, 11) is 1.57. The van der Waals surface area contributed by atoms with E-state index in [2.05, 4.69) is 5.32 Å². The number of carboxylic acid groups (broad SMARTS) is 1. The number of amides is 2. The van der Waals surface area contributed by atoms with Gasteiger partial charge in [-0.2, -0.15) is 0 Å². The summed E-state index contributed by atoms with van der Waals surface area (Å²) in [6.45, 7) is 0.873. The number of hydrogen-bond acceptors (Lipinski definition) is 2. The lowest BCUT2D eigenvalue weighted by molar-refractivity contribution is -0.125. The van der Waals surface area contributed by atoms with Crippen LogP contribution in [0.4, 0.5) is 4.79 Å². The van der Waals surface area contributed by atoms with Crippen LogP contribution in [0.2, 0.25) is 0 Å². The Hall–Kier alpha value is -1.26. The summed E-state index contributed by atoms with van der Waals surface area (Å²) >= 11 is 0. The van der Waals surface area contributed by atoms with Gasteiger partial charge in [0.25, 0.3) is 0 Å². The molecule has 5 nitrogen and oxygen atoms in total. The molecule has 1 aliphatic heterocycles. The largest absolute Gasteiger partial charge is 0.465 e. The van der Waals surface area contributed by atoms with Crippen molar-refractivity contribution in [2.75, 3.05) is 20.1 Å². The van der Waals surface area contributed by atoms with Crippen molar-refractivity contribution in [1.29, 1.82) is 0 Å². The first-order chi connectivity index (χ1) is 6.15. The maximum Gasteiger partial charge on any atom is 0.407 e. The van der Waals surface area contributed by atoms with Crippen LogP contribution < -0.4 is 5.32 Å². The van der Waals surface area contributed by atoms with Gasteiger partial charge in [-0.05, 0) is 12.8 Å². The van der Waals surface area contributed by atoms with Gasteiger partial charge in [0.1, 0.15) is 0 Å². The Labute approximate surface area is 76.7 Å². The highest BCUT2D eigenvalue weighted by molar-refractivity contribution is 5.79. The van der Waals surface area contributed by atoms with Gasteiger partial charge in [-0.3, -0.25) is 4.79 Å². The number of likely N-dealkylation sites (tertiary alicyclic amines) is 1. The van der Waals surface area contributed by atoms with Gasteiger partial charge in [0.05, 0.1) is 5.92 Å². The average molecular weight is 186 g/mol. The summed E-state index contributed by atoms with van der Waals surface area (Å²) in [6.07, 6.45) is 0.613. The molecule has 1 atom stereocenters. The number of piperidine rings is 1. The van der Waals surface area contributed by atoms with Crippen molar-refractivity contribution in [3.05, 3.63) is 0 Å². The van der Waals surface area contributed by atoms with Crippen LogP contribution in [0, 0.1) is 5.92 Å². The Morgan fingerprint density at radius 1 is 1.54 bits per heavy atom. The number of rotatable bonds is 1. The molecule has 5 heteroatoms. The molecular weight excluding hydrogens is 172 g/mol. The normalized spacial score (nSPS) is 22.5. The van der Waals surface area contributed by atoms with E-state index < -0.39 is 6.09 Å². The predicted octanol–water partition coefficient (Wildman–Crippen LogP) is 0.122. The predicted molar refractivity (Wildman–Crippen MR) is 46.4 cm³/mol. The van der Waals surface area contributed by atoms with Crippen molar-refractivity contribution in [1.82, 2.24) is 10.2 Å². The van der Waals surface area contributed by atoms with Crippen molar-refractivity contribution in [2.45, 2.75) is 12.8 Å². The Bertz CT molecular complexity index is 217. The number of nitrogens with zero attached hydrogens (tertiary/aromatic N) is 1. The SMILES string of the molecule is CNC(=O)C1CCCN(C(=O)O)C1. The van der Waals surface area contributed by atoms with Gasteiger partial charge in [0, 0.05) is 20.1 Å². The van der Waals surface area contributed by atoms with Crippen LogP contribution in [0.1, 0.15) is 12.8 Å². The molecule has 13 heavy (non-hydrogen) atoms. The van der Waals surface area contributed by atoms with Crippen LogP contribution in [-0.2, 0) is 4.79 Å². The van der Waals surface area contributed by atoms with Crippen molar-refractivity contribution in [3.63, 3.8) is 0 Å². The molecule has 0 spiro atoms. The minimum Gasteiger partial charge on any atom is -0.465 e. The van der Waals surface area contributed by atoms with Gasteiger partial charge in [-0.1, -0.05) is 0 Å². The summed E-state index contributed by atoms with van der Waals surface area (Å²) < 4.78 is 0. The second-order valence-corrected chi connectivity index (χ2v) is 3.18. The zero-order valence-corrected chi connectivity index (χ0v) is 7.62. The lowest BCUT2D eigenvalue weighted by atomic mass is 9.98. The number of nitrogens with one attached hydrogen (secondary N) is 1. The molecule has 74 valence electrons. The lowest BCUT2D eigenvalue weighted by Gasteiger charge is -2.29. The van der Waals surface area contributed by atoms with Crippen LogP contribution in [0.5, 0.6) is 0 Å². The first-order valence-corrected chi connectivity index (χ1v) is 4.34. The number of hydrogen-bond donors (Lipinski definition) is 2. The highest BCUT2D eigenvalue weighted by Gasteiger charge is 2.27. The van der Waals surface area contributed by atoms with E-state index in [4.69, 9.17) is 5.11 Å². The molecule has 0 aromatic carbocycles. The molecule has 2 N–H and O–H groups in total. The summed E-state index contributed by atoms with van der Waals surface area (Å²) in [5, 5.41) is 11.2. The van der Waals surface area contributed by atoms with Crippen LogP contribution in [0.3, 0.4) is 0 Å². The third kappa shape index (κ3) is 2.34. The van der Waals surface area contributed by atoms with Crippen LogP contribution >= 0.6 is 0 Å². The summed E-state index contributed by atoms with van der Waals surface area (Å²) in [6, 6.07) is 0. The maximum atomic E-state index is 11.2. The van der Waals surface area contributed by atoms with Crippen LogP contribution in [0.15, 0.2) is 0 Å². The highest BCUT2D eigenvalue weighted by atomic mass is 16.4. The van der Waals surface area contributed by atoms with E-state index in [1.807, 2.05) is 0 Å². The molecule has 1 rings (SSSR count). The van der Waals surface area contributed by atoms with Gasteiger partial charge in [0.2, 0.25) is 5.91 Å². The molecule has 0 bridgehead atoms. The highest BCUT2D eigenvalue weighted by Crippen LogP contribution is 2.16. The standard InChI is InChI=1S/C8H14N2O3/c1-9-7(11)6-3-2-4-10(5-6)8(12)13/h6H,2-5H2,1H3,(H,9,11)(H,12,13). The Morgan fingerprint density at radius 3 is 2.77 bits per heavy atom. The summed E-state index contributed by atoms with van der Waals surface area (Å²) in [5.74, 6) is -0.235. The molecule has 1 aliphatic rings. The number of carbonyl (C=O) groups is 2. The van der Waals surface area contributed by atoms with Crippen LogP contribution in [0.25, 0.3) is 0 Å². The molecule has 0 radical (unpaired) electrons. The quantitative estimate of drug-likeness (QED) is 0.611. The van der Waals surface area contributed by atoms with Gasteiger partial charge in [-0.15, -0.1) is 0 Å². The van der Waals surface area contributed by atoms with E-state index in [-0.39, 0.29) is 11.8 Å². The van der Waals surface area contributed by atoms with Gasteiger partial charge in [0.15, 0.2) is 0 Å². The van der Waals surface area contributed by atoms with Crippen molar-refractivity contribution in [3.8, 4) is 0 Å². The third-order valence-corrected chi connectivity index (χ3v) is 2.31. The monoisotopic (exact) mass is 186 g/mol. The van der Waals surface area contributed by atoms with E-state index in [0.29, 0.717) is 13.1 Å². The first kappa shape index (κ1) is 9.83. The fourth-order valence-corrected chi connectivity index (χ4v) is 1.57. The van der Waals surface area contributed by atoms with Gasteiger partial charge in [-0.25, -0.2) is 4.79 Å². The fourth-order valence-electron chi connectivity index (χ4n) is 1.57. The van der Waals surface area contributed by atoms with E-state index >= 15 is 0 Å². The van der Waals surface area contributed by atoms with E-state index in [0.717, 1.165) is 12.8 Å². The zero-order valence-electron chi connectivity index (χ0n) is 7.62. The first-order valence-electron chi connectivity index (χ1n) is 4.34. The molecule has 1 fully saturated rings. The Balaban J connectivity index is 2.51. The second kappa shape index (κ2) is 4.11. The molecular formula is C8H14N2O3. The fraction of sp³-hybridized carbons (Fsp3) is 0.750. The molecule has 0 aromatic heterocycles. The molecule has 1 saturated heterocycles. The Kier molecular flexibility index (Phi) is 3.11. The van der Waals surface area contributed by atoms with E-state index in [9.17, 15) is 9.59 Å². The van der Waals surface area contributed by atoms with Crippen molar-refractivity contribution < 1.29 is 14.7 Å². The molecule has 0 saturated carbocycles. The van der Waals surface area contributed by atoms with Crippen molar-refractivity contribution >= 4 is 12.0 Å². The second-order valence-electron chi connectivity index (χ2n) is 3.18. The maximum absolute atomic E-state index is 11.2. The smallest absolute Gasteiger partial charge is 0.407 e. The van der Waals surface area contributed by atoms with E-state index in [1.165, 1.54) is 4.90 Å². The Morgan fingerprint density at radius 2 is 2.23 bits per heavy atom. The minimum absolute atomic E-state index is 0.0639. The molecule has 1 heterocycles. The molecule has 0 aliphatic carbocycles. The van der Waals surface area contributed by atoms with Gasteiger partial charge < -0.3 is 15.3 Å². The third-order valence-electron chi connectivity index (χ3n) is 2.31. The molecule has 1 unspecified atom stereocenters.